The maximum Gasteiger partial charge on any atom is 0.203 e. The molecule has 0 saturated carbocycles. The fourth-order valence-corrected chi connectivity index (χ4v) is 2.58. The molecular weight excluding hydrogens is 256 g/mol. The first-order valence-electron chi connectivity index (χ1n) is 6.99. The summed E-state index contributed by atoms with van der Waals surface area (Å²) in [6.07, 6.45) is 1.16. The van der Waals surface area contributed by atoms with Crippen molar-refractivity contribution in [1.82, 2.24) is 9.80 Å². The highest BCUT2D eigenvalue weighted by molar-refractivity contribution is 5.54. The van der Waals surface area contributed by atoms with Gasteiger partial charge in [-0.05, 0) is 32.6 Å². The van der Waals surface area contributed by atoms with Crippen LogP contribution in [0.3, 0.4) is 0 Å². The molecule has 1 aromatic rings. The molecule has 5 heteroatoms. The van der Waals surface area contributed by atoms with Gasteiger partial charge in [0, 0.05) is 25.2 Å². The van der Waals surface area contributed by atoms with Crippen molar-refractivity contribution in [2.45, 2.75) is 13.0 Å². The third-order valence-electron chi connectivity index (χ3n) is 3.81. The Morgan fingerprint density at radius 1 is 1.10 bits per heavy atom. The molecular formula is C15H24N2O3. The minimum Gasteiger partial charge on any atom is -0.504 e. The normalized spacial score (nSPS) is 17.8. The molecule has 1 aromatic carbocycles. The maximum atomic E-state index is 10.3. The number of hydrogen-bond acceptors (Lipinski definition) is 5. The van der Waals surface area contributed by atoms with Crippen molar-refractivity contribution >= 4 is 0 Å². The molecule has 1 aliphatic heterocycles. The van der Waals surface area contributed by atoms with Crippen LogP contribution in [0.15, 0.2) is 12.1 Å². The van der Waals surface area contributed by atoms with Gasteiger partial charge in [0.05, 0.1) is 14.2 Å². The van der Waals surface area contributed by atoms with Gasteiger partial charge < -0.3 is 19.5 Å². The van der Waals surface area contributed by atoms with Crippen LogP contribution < -0.4 is 9.47 Å². The van der Waals surface area contributed by atoms with E-state index in [2.05, 4.69) is 16.8 Å². The van der Waals surface area contributed by atoms with Crippen LogP contribution in [0, 0.1) is 0 Å². The second kappa shape index (κ2) is 6.81. The predicted octanol–water partition coefficient (Wildman–Crippen LogP) is 1.55. The largest absolute Gasteiger partial charge is 0.504 e. The lowest BCUT2D eigenvalue weighted by Crippen LogP contribution is -2.28. The summed E-state index contributed by atoms with van der Waals surface area (Å²) in [5.74, 6) is 1.16. The van der Waals surface area contributed by atoms with E-state index in [0.29, 0.717) is 11.5 Å². The Labute approximate surface area is 120 Å². The average molecular weight is 280 g/mol. The van der Waals surface area contributed by atoms with E-state index in [1.807, 2.05) is 12.1 Å². The van der Waals surface area contributed by atoms with E-state index in [9.17, 15) is 5.11 Å². The van der Waals surface area contributed by atoms with E-state index in [1.165, 1.54) is 0 Å². The molecule has 0 amide bonds. The number of likely N-dealkylation sites (N-methyl/N-ethyl adjacent to an activating group) is 1. The quantitative estimate of drug-likeness (QED) is 0.906. The zero-order chi connectivity index (χ0) is 14.5. The Kier molecular flexibility index (Phi) is 5.09. The van der Waals surface area contributed by atoms with Gasteiger partial charge in [0.1, 0.15) is 0 Å². The van der Waals surface area contributed by atoms with Crippen LogP contribution in [0.1, 0.15) is 12.0 Å². The van der Waals surface area contributed by atoms with Crippen LogP contribution in [-0.2, 0) is 6.54 Å². The molecule has 112 valence electrons. The summed E-state index contributed by atoms with van der Waals surface area (Å²) in [5, 5.41) is 10.3. The summed E-state index contributed by atoms with van der Waals surface area (Å²) >= 11 is 0. The molecule has 2 rings (SSSR count). The predicted molar refractivity (Wildman–Crippen MR) is 78.6 cm³/mol. The molecule has 0 aromatic heterocycles. The molecule has 20 heavy (non-hydrogen) atoms. The zero-order valence-corrected chi connectivity index (χ0v) is 12.6. The van der Waals surface area contributed by atoms with Crippen molar-refractivity contribution in [3.05, 3.63) is 17.7 Å². The molecule has 0 unspecified atom stereocenters. The molecule has 0 atom stereocenters. The van der Waals surface area contributed by atoms with Crippen molar-refractivity contribution < 1.29 is 14.6 Å². The smallest absolute Gasteiger partial charge is 0.203 e. The maximum absolute atomic E-state index is 10.3. The third-order valence-corrected chi connectivity index (χ3v) is 3.81. The Hall–Kier alpha value is -1.46. The molecule has 1 fully saturated rings. The lowest BCUT2D eigenvalue weighted by Gasteiger charge is -2.21. The molecule has 1 aliphatic rings. The van der Waals surface area contributed by atoms with Gasteiger partial charge in [0.25, 0.3) is 0 Å². The van der Waals surface area contributed by atoms with Crippen LogP contribution in [0.4, 0.5) is 0 Å². The van der Waals surface area contributed by atoms with Crippen LogP contribution in [0.2, 0.25) is 0 Å². The van der Waals surface area contributed by atoms with Gasteiger partial charge >= 0.3 is 0 Å². The number of methoxy groups -OCH3 is 2. The fraction of sp³-hybridized carbons (Fsp3) is 0.600. The van der Waals surface area contributed by atoms with Gasteiger partial charge in [0.2, 0.25) is 5.75 Å². The standard InChI is InChI=1S/C15H24N2O3/c1-16-7-4-8-17(10-9-16)11-12-5-6-13(19-2)15(20-3)14(12)18/h5-6,18H,4,7-11H2,1-3H3. The van der Waals surface area contributed by atoms with E-state index < -0.39 is 0 Å². The minimum atomic E-state index is 0.185. The van der Waals surface area contributed by atoms with Crippen molar-refractivity contribution in [3.63, 3.8) is 0 Å². The Morgan fingerprint density at radius 3 is 2.60 bits per heavy atom. The number of phenolic OH excluding ortho intramolecular Hbond substituents is 1. The number of aromatic hydroxyl groups is 1. The molecule has 0 spiro atoms. The van der Waals surface area contributed by atoms with E-state index in [1.54, 1.807) is 14.2 Å². The van der Waals surface area contributed by atoms with Gasteiger partial charge in [-0.1, -0.05) is 6.07 Å². The Balaban J connectivity index is 2.13. The number of rotatable bonds is 4. The average Bonchev–Trinajstić information content (AvgIpc) is 2.65. The van der Waals surface area contributed by atoms with Crippen LogP contribution >= 0.6 is 0 Å². The minimum absolute atomic E-state index is 0.185. The topological polar surface area (TPSA) is 45.2 Å². The monoisotopic (exact) mass is 280 g/mol. The van der Waals surface area contributed by atoms with E-state index in [-0.39, 0.29) is 5.75 Å². The first-order valence-corrected chi connectivity index (χ1v) is 6.99. The summed E-state index contributed by atoms with van der Waals surface area (Å²) < 4.78 is 10.4. The van der Waals surface area contributed by atoms with E-state index in [0.717, 1.165) is 44.7 Å². The first-order chi connectivity index (χ1) is 9.65. The summed E-state index contributed by atoms with van der Waals surface area (Å²) in [6.45, 7) is 5.00. The van der Waals surface area contributed by atoms with Crippen LogP contribution in [0.5, 0.6) is 17.2 Å². The summed E-state index contributed by atoms with van der Waals surface area (Å²) in [7, 11) is 5.27. The van der Waals surface area contributed by atoms with Crippen LogP contribution in [0.25, 0.3) is 0 Å². The molecule has 0 bridgehead atoms. The first kappa shape index (κ1) is 14.9. The van der Waals surface area contributed by atoms with Gasteiger partial charge in [-0.25, -0.2) is 0 Å². The molecule has 1 N–H and O–H groups in total. The second-order valence-corrected chi connectivity index (χ2v) is 5.24. The van der Waals surface area contributed by atoms with Gasteiger partial charge in [-0.15, -0.1) is 0 Å². The zero-order valence-electron chi connectivity index (χ0n) is 12.6. The highest BCUT2D eigenvalue weighted by Crippen LogP contribution is 2.39. The highest BCUT2D eigenvalue weighted by atomic mass is 16.5. The molecule has 0 aliphatic carbocycles. The fourth-order valence-electron chi connectivity index (χ4n) is 2.58. The Bertz CT molecular complexity index is 451. The van der Waals surface area contributed by atoms with Gasteiger partial charge in [-0.3, -0.25) is 4.90 Å². The van der Waals surface area contributed by atoms with Crippen LogP contribution in [-0.4, -0.2) is 62.4 Å². The SMILES string of the molecule is COc1ccc(CN2CCCN(C)CC2)c(O)c1OC. The number of ether oxygens (including phenoxy) is 2. The van der Waals surface area contributed by atoms with E-state index in [4.69, 9.17) is 9.47 Å². The number of phenols is 1. The lowest BCUT2D eigenvalue weighted by atomic mass is 10.1. The summed E-state index contributed by atoms with van der Waals surface area (Å²) in [5.41, 5.74) is 0.882. The second-order valence-electron chi connectivity index (χ2n) is 5.24. The molecule has 1 saturated heterocycles. The van der Waals surface area contributed by atoms with E-state index >= 15 is 0 Å². The van der Waals surface area contributed by atoms with Crippen molar-refractivity contribution in [2.24, 2.45) is 0 Å². The number of nitrogens with zero attached hydrogens (tertiary/aromatic N) is 2. The summed E-state index contributed by atoms with van der Waals surface area (Å²) in [4.78, 5) is 4.71. The molecule has 0 radical (unpaired) electrons. The van der Waals surface area contributed by atoms with Crippen molar-refractivity contribution in [3.8, 4) is 17.2 Å². The number of benzene rings is 1. The molecule has 5 nitrogen and oxygen atoms in total. The highest BCUT2D eigenvalue weighted by Gasteiger charge is 2.18. The lowest BCUT2D eigenvalue weighted by molar-refractivity contribution is 0.263. The van der Waals surface area contributed by atoms with Gasteiger partial charge in [-0.2, -0.15) is 0 Å². The Morgan fingerprint density at radius 2 is 1.90 bits per heavy atom. The number of hydrogen-bond donors (Lipinski definition) is 1. The van der Waals surface area contributed by atoms with Gasteiger partial charge in [0.15, 0.2) is 11.5 Å². The van der Waals surface area contributed by atoms with Crippen molar-refractivity contribution in [2.75, 3.05) is 47.4 Å². The molecule has 1 heterocycles. The summed E-state index contributed by atoms with van der Waals surface area (Å²) in [6, 6.07) is 3.75. The van der Waals surface area contributed by atoms with Crippen molar-refractivity contribution in [1.29, 1.82) is 0 Å². The third kappa shape index (κ3) is 3.35.